The lowest BCUT2D eigenvalue weighted by molar-refractivity contribution is -0.137. The second-order valence-corrected chi connectivity index (χ2v) is 8.12. The summed E-state index contributed by atoms with van der Waals surface area (Å²) >= 11 is 0. The van der Waals surface area contributed by atoms with Gasteiger partial charge in [0.2, 0.25) is 0 Å². The molecule has 2 N–H and O–H groups in total. The van der Waals surface area contributed by atoms with Gasteiger partial charge in [-0.25, -0.2) is 13.2 Å². The molecular formula is C21H16F3NO5S. The number of hydrogen-bond donors (Lipinski definition) is 2. The fourth-order valence-corrected chi connectivity index (χ4v) is 3.93. The fraction of sp³-hybridized carbons (Fsp3) is 0.0952. The van der Waals surface area contributed by atoms with Gasteiger partial charge in [-0.2, -0.15) is 13.2 Å². The molecule has 0 aliphatic carbocycles. The summed E-state index contributed by atoms with van der Waals surface area (Å²) in [5, 5.41) is 9.92. The maximum atomic E-state index is 13.4. The monoisotopic (exact) mass is 451 g/mol. The largest absolute Gasteiger partial charge is 0.507 e. The molecule has 162 valence electrons. The van der Waals surface area contributed by atoms with Crippen molar-refractivity contribution in [3.63, 3.8) is 0 Å². The number of aromatic hydroxyl groups is 1. The van der Waals surface area contributed by atoms with Gasteiger partial charge in [0.1, 0.15) is 11.3 Å². The van der Waals surface area contributed by atoms with E-state index < -0.39 is 38.4 Å². The van der Waals surface area contributed by atoms with Crippen molar-refractivity contribution in [2.45, 2.75) is 11.1 Å². The highest BCUT2D eigenvalue weighted by atomic mass is 32.2. The SMILES string of the molecule is COC(=O)c1ccc(NS(=O)(=O)c2cc(-c3ccccc3)cc(C(F)(F)F)c2)cc1O. The number of rotatable bonds is 5. The van der Waals surface area contributed by atoms with Gasteiger partial charge in [-0.1, -0.05) is 30.3 Å². The standard InChI is InChI=1S/C21H16F3NO5S/c1-30-20(27)18-8-7-16(12-19(18)26)25-31(28,29)17-10-14(13-5-3-2-4-6-13)9-15(11-17)21(22,23)24/h2-12,25-26H,1H3. The van der Waals surface area contributed by atoms with Gasteiger partial charge < -0.3 is 9.84 Å². The van der Waals surface area contributed by atoms with E-state index in [9.17, 15) is 31.5 Å². The number of anilines is 1. The Bertz CT molecular complexity index is 1230. The van der Waals surface area contributed by atoms with Crippen molar-refractivity contribution in [2.24, 2.45) is 0 Å². The number of phenols is 1. The first-order valence-electron chi connectivity index (χ1n) is 8.73. The number of benzene rings is 3. The van der Waals surface area contributed by atoms with Crippen molar-refractivity contribution in [3.8, 4) is 16.9 Å². The highest BCUT2D eigenvalue weighted by molar-refractivity contribution is 7.92. The third kappa shape index (κ3) is 4.97. The van der Waals surface area contributed by atoms with Gasteiger partial charge in [0, 0.05) is 6.07 Å². The summed E-state index contributed by atoms with van der Waals surface area (Å²) in [5.74, 6) is -1.39. The number of carbonyl (C=O) groups excluding carboxylic acids is 1. The van der Waals surface area contributed by atoms with Crippen LogP contribution in [0.1, 0.15) is 15.9 Å². The molecule has 3 aromatic rings. The lowest BCUT2D eigenvalue weighted by Crippen LogP contribution is -2.15. The van der Waals surface area contributed by atoms with E-state index in [4.69, 9.17) is 0 Å². The molecule has 6 nitrogen and oxygen atoms in total. The van der Waals surface area contributed by atoms with Crippen LogP contribution in [0.15, 0.2) is 71.6 Å². The Balaban J connectivity index is 2.04. The van der Waals surface area contributed by atoms with Crippen LogP contribution in [0.4, 0.5) is 18.9 Å². The zero-order valence-corrected chi connectivity index (χ0v) is 16.8. The lowest BCUT2D eigenvalue weighted by atomic mass is 10.0. The van der Waals surface area contributed by atoms with E-state index in [0.29, 0.717) is 11.6 Å². The molecule has 3 aromatic carbocycles. The van der Waals surface area contributed by atoms with Crippen molar-refractivity contribution >= 4 is 21.7 Å². The minimum atomic E-state index is -4.77. The van der Waals surface area contributed by atoms with Crippen molar-refractivity contribution in [1.29, 1.82) is 0 Å². The van der Waals surface area contributed by atoms with Gasteiger partial charge in [-0.05, 0) is 41.5 Å². The number of carbonyl (C=O) groups is 1. The molecule has 0 saturated heterocycles. The average molecular weight is 451 g/mol. The van der Waals surface area contributed by atoms with Crippen LogP contribution in [0, 0.1) is 0 Å². The number of nitrogens with one attached hydrogen (secondary N) is 1. The Morgan fingerprint density at radius 3 is 2.23 bits per heavy atom. The van der Waals surface area contributed by atoms with E-state index in [0.717, 1.165) is 31.4 Å². The minimum Gasteiger partial charge on any atom is -0.507 e. The maximum absolute atomic E-state index is 13.4. The van der Waals surface area contributed by atoms with Gasteiger partial charge in [0.05, 0.1) is 23.3 Å². The normalized spacial score (nSPS) is 11.7. The molecule has 0 heterocycles. The van der Waals surface area contributed by atoms with Crippen LogP contribution in [0.3, 0.4) is 0 Å². The third-order valence-corrected chi connectivity index (χ3v) is 5.67. The van der Waals surface area contributed by atoms with Gasteiger partial charge in [0.25, 0.3) is 10.0 Å². The molecule has 31 heavy (non-hydrogen) atoms. The summed E-state index contributed by atoms with van der Waals surface area (Å²) in [6, 6.07) is 13.8. The van der Waals surface area contributed by atoms with Crippen molar-refractivity contribution in [3.05, 3.63) is 77.9 Å². The zero-order chi connectivity index (χ0) is 22.8. The Labute approximate surface area is 176 Å². The summed E-state index contributed by atoms with van der Waals surface area (Å²) in [7, 11) is -3.35. The highest BCUT2D eigenvalue weighted by Gasteiger charge is 2.33. The van der Waals surface area contributed by atoms with Gasteiger partial charge in [-0.3, -0.25) is 4.72 Å². The molecular weight excluding hydrogens is 435 g/mol. The number of sulfonamides is 1. The Morgan fingerprint density at radius 2 is 1.65 bits per heavy atom. The number of esters is 1. The van der Waals surface area contributed by atoms with Crippen LogP contribution >= 0.6 is 0 Å². The fourth-order valence-electron chi connectivity index (χ4n) is 2.81. The summed E-state index contributed by atoms with van der Waals surface area (Å²) in [6.07, 6.45) is -4.77. The minimum absolute atomic E-state index is 0.0692. The van der Waals surface area contributed by atoms with E-state index in [-0.39, 0.29) is 16.8 Å². The van der Waals surface area contributed by atoms with Crippen molar-refractivity contribution in [2.75, 3.05) is 11.8 Å². The van der Waals surface area contributed by atoms with Crippen LogP contribution in [-0.4, -0.2) is 26.6 Å². The van der Waals surface area contributed by atoms with E-state index >= 15 is 0 Å². The molecule has 0 spiro atoms. The van der Waals surface area contributed by atoms with E-state index in [2.05, 4.69) is 9.46 Å². The van der Waals surface area contributed by atoms with E-state index in [1.54, 1.807) is 30.3 Å². The molecule has 0 bridgehead atoms. The van der Waals surface area contributed by atoms with Gasteiger partial charge in [0.15, 0.2) is 0 Å². The number of phenolic OH excluding ortho intramolecular Hbond substituents is 1. The summed E-state index contributed by atoms with van der Waals surface area (Å²) in [5.41, 5.74) is -0.998. The number of hydrogen-bond acceptors (Lipinski definition) is 5. The molecule has 0 aliphatic rings. The second kappa shape index (κ2) is 8.31. The summed E-state index contributed by atoms with van der Waals surface area (Å²) in [6.45, 7) is 0. The summed E-state index contributed by atoms with van der Waals surface area (Å²) in [4.78, 5) is 10.9. The molecule has 0 fully saturated rings. The van der Waals surface area contributed by atoms with Crippen LogP contribution < -0.4 is 4.72 Å². The van der Waals surface area contributed by atoms with Crippen molar-refractivity contribution < 1.29 is 36.2 Å². The second-order valence-electron chi connectivity index (χ2n) is 6.44. The van der Waals surface area contributed by atoms with E-state index in [1.165, 1.54) is 6.07 Å². The number of halogens is 3. The van der Waals surface area contributed by atoms with Crippen LogP contribution in [-0.2, 0) is 20.9 Å². The predicted octanol–water partition coefficient (Wildman–Crippen LogP) is 4.67. The first kappa shape index (κ1) is 22.2. The molecule has 10 heteroatoms. The highest BCUT2D eigenvalue weighted by Crippen LogP contribution is 2.35. The molecule has 3 rings (SSSR count). The molecule has 0 amide bonds. The topological polar surface area (TPSA) is 92.7 Å². The molecule has 0 atom stereocenters. The van der Waals surface area contributed by atoms with Crippen LogP contribution in [0.25, 0.3) is 11.1 Å². The Hall–Kier alpha value is -3.53. The van der Waals surface area contributed by atoms with Gasteiger partial charge >= 0.3 is 12.1 Å². The van der Waals surface area contributed by atoms with Gasteiger partial charge in [-0.15, -0.1) is 0 Å². The molecule has 0 aliphatic heterocycles. The molecule has 0 aromatic heterocycles. The predicted molar refractivity (Wildman–Crippen MR) is 107 cm³/mol. The average Bonchev–Trinajstić information content (AvgIpc) is 2.72. The Kier molecular flexibility index (Phi) is 5.94. The number of methoxy groups -OCH3 is 1. The number of alkyl halides is 3. The third-order valence-electron chi connectivity index (χ3n) is 4.31. The van der Waals surface area contributed by atoms with E-state index in [1.807, 2.05) is 0 Å². The van der Waals surface area contributed by atoms with Crippen molar-refractivity contribution in [1.82, 2.24) is 0 Å². The summed E-state index contributed by atoms with van der Waals surface area (Å²) < 4.78 is 72.4. The number of ether oxygens (including phenoxy) is 1. The molecule has 0 saturated carbocycles. The quantitative estimate of drug-likeness (QED) is 0.550. The zero-order valence-electron chi connectivity index (χ0n) is 16.0. The maximum Gasteiger partial charge on any atom is 0.416 e. The Morgan fingerprint density at radius 1 is 0.968 bits per heavy atom. The van der Waals surface area contributed by atoms with Crippen LogP contribution in [0.2, 0.25) is 0 Å². The lowest BCUT2D eigenvalue weighted by Gasteiger charge is -2.14. The van der Waals surface area contributed by atoms with Crippen LogP contribution in [0.5, 0.6) is 5.75 Å². The first-order chi connectivity index (χ1) is 14.5. The molecule has 0 unspecified atom stereocenters. The molecule has 0 radical (unpaired) electrons. The smallest absolute Gasteiger partial charge is 0.416 e. The first-order valence-corrected chi connectivity index (χ1v) is 10.2.